The van der Waals surface area contributed by atoms with Crippen LogP contribution in [0.1, 0.15) is 64.7 Å². The summed E-state index contributed by atoms with van der Waals surface area (Å²) in [5.41, 5.74) is 0. The first-order valence-corrected chi connectivity index (χ1v) is 8.82. The van der Waals surface area contributed by atoms with Gasteiger partial charge in [-0.25, -0.2) is 0 Å². The zero-order valence-electron chi connectivity index (χ0n) is 12.7. The van der Waals surface area contributed by atoms with Crippen molar-refractivity contribution in [1.82, 2.24) is 10.2 Å². The minimum absolute atomic E-state index is 0.888. The highest BCUT2D eigenvalue weighted by molar-refractivity contribution is 4.88. The zero-order chi connectivity index (χ0) is 13.1. The molecule has 2 aliphatic carbocycles. The number of likely N-dealkylation sites (tertiary alicyclic amines) is 1. The summed E-state index contributed by atoms with van der Waals surface area (Å²) >= 11 is 0. The van der Waals surface area contributed by atoms with E-state index in [0.717, 1.165) is 23.9 Å². The molecule has 0 aromatic rings. The van der Waals surface area contributed by atoms with Crippen molar-refractivity contribution in [3.05, 3.63) is 0 Å². The molecule has 3 rings (SSSR count). The van der Waals surface area contributed by atoms with Crippen molar-refractivity contribution >= 4 is 0 Å². The normalized spacial score (nSPS) is 36.8. The summed E-state index contributed by atoms with van der Waals surface area (Å²) in [6, 6.07) is 1.82. The molecule has 110 valence electrons. The SMILES string of the molecule is CCCC1CCC(N2CCC(CNC3CC3)C2)CC1. The molecule has 1 heterocycles. The van der Waals surface area contributed by atoms with Crippen LogP contribution in [-0.2, 0) is 0 Å². The molecule has 0 aromatic heterocycles. The van der Waals surface area contributed by atoms with Gasteiger partial charge in [0.1, 0.15) is 0 Å². The van der Waals surface area contributed by atoms with Gasteiger partial charge in [0.2, 0.25) is 0 Å². The van der Waals surface area contributed by atoms with Crippen LogP contribution < -0.4 is 5.32 Å². The van der Waals surface area contributed by atoms with Gasteiger partial charge >= 0.3 is 0 Å². The van der Waals surface area contributed by atoms with Crippen molar-refractivity contribution < 1.29 is 0 Å². The van der Waals surface area contributed by atoms with Gasteiger partial charge in [-0.15, -0.1) is 0 Å². The van der Waals surface area contributed by atoms with Gasteiger partial charge in [-0.3, -0.25) is 0 Å². The summed E-state index contributed by atoms with van der Waals surface area (Å²) in [5.74, 6) is 1.99. The van der Waals surface area contributed by atoms with E-state index >= 15 is 0 Å². The Morgan fingerprint density at radius 2 is 1.74 bits per heavy atom. The van der Waals surface area contributed by atoms with Crippen molar-refractivity contribution in [1.29, 1.82) is 0 Å². The molecule has 2 heteroatoms. The second-order valence-electron chi connectivity index (χ2n) is 7.30. The molecule has 2 nitrogen and oxygen atoms in total. The molecular weight excluding hydrogens is 232 g/mol. The van der Waals surface area contributed by atoms with Crippen molar-refractivity contribution in [3.63, 3.8) is 0 Å². The maximum atomic E-state index is 3.72. The van der Waals surface area contributed by atoms with Crippen LogP contribution in [0.4, 0.5) is 0 Å². The highest BCUT2D eigenvalue weighted by Crippen LogP contribution is 2.32. The fraction of sp³-hybridized carbons (Fsp3) is 1.00. The van der Waals surface area contributed by atoms with Crippen LogP contribution in [0.2, 0.25) is 0 Å². The molecule has 1 aliphatic heterocycles. The van der Waals surface area contributed by atoms with E-state index in [-0.39, 0.29) is 0 Å². The molecule has 1 N–H and O–H groups in total. The van der Waals surface area contributed by atoms with Gasteiger partial charge in [-0.05, 0) is 69.9 Å². The number of hydrogen-bond donors (Lipinski definition) is 1. The maximum absolute atomic E-state index is 3.72. The molecule has 1 unspecified atom stereocenters. The third-order valence-corrected chi connectivity index (χ3v) is 5.62. The van der Waals surface area contributed by atoms with Crippen molar-refractivity contribution in [2.45, 2.75) is 76.8 Å². The Balaban J connectivity index is 1.36. The minimum atomic E-state index is 0.888. The smallest absolute Gasteiger partial charge is 0.00955 e. The highest BCUT2D eigenvalue weighted by Gasteiger charge is 2.31. The summed E-state index contributed by atoms with van der Waals surface area (Å²) in [6.45, 7) is 6.37. The lowest BCUT2D eigenvalue weighted by Gasteiger charge is -2.34. The predicted octanol–water partition coefficient (Wildman–Crippen LogP) is 3.42. The van der Waals surface area contributed by atoms with Gasteiger partial charge in [0.05, 0.1) is 0 Å². The van der Waals surface area contributed by atoms with E-state index < -0.39 is 0 Å². The van der Waals surface area contributed by atoms with Crippen LogP contribution in [-0.4, -0.2) is 36.6 Å². The minimum Gasteiger partial charge on any atom is -0.314 e. The Hall–Kier alpha value is -0.0800. The molecule has 0 bridgehead atoms. The van der Waals surface area contributed by atoms with Gasteiger partial charge in [-0.1, -0.05) is 19.8 Å². The predicted molar refractivity (Wildman–Crippen MR) is 81.4 cm³/mol. The second kappa shape index (κ2) is 6.58. The number of nitrogens with zero attached hydrogens (tertiary/aromatic N) is 1. The molecule has 0 spiro atoms. The van der Waals surface area contributed by atoms with Crippen molar-refractivity contribution in [2.75, 3.05) is 19.6 Å². The average Bonchev–Trinajstić information content (AvgIpc) is 3.15. The standard InChI is InChI=1S/C17H32N2/c1-2-3-14-4-8-17(9-5-14)19-11-10-15(13-19)12-18-16-6-7-16/h14-18H,2-13H2,1H3. The lowest BCUT2D eigenvalue weighted by molar-refractivity contribution is 0.156. The van der Waals surface area contributed by atoms with E-state index in [0.29, 0.717) is 0 Å². The zero-order valence-corrected chi connectivity index (χ0v) is 12.7. The average molecular weight is 264 g/mol. The Morgan fingerprint density at radius 3 is 2.42 bits per heavy atom. The molecule has 0 radical (unpaired) electrons. The van der Waals surface area contributed by atoms with Gasteiger partial charge < -0.3 is 10.2 Å². The summed E-state index contributed by atoms with van der Waals surface area (Å²) in [4.78, 5) is 2.82. The Bertz CT molecular complexity index is 266. The molecular formula is C17H32N2. The summed E-state index contributed by atoms with van der Waals surface area (Å²) in [6.07, 6.45) is 13.1. The van der Waals surface area contributed by atoms with Gasteiger partial charge in [-0.2, -0.15) is 0 Å². The Kier molecular flexibility index (Phi) is 4.81. The van der Waals surface area contributed by atoms with Crippen LogP contribution >= 0.6 is 0 Å². The monoisotopic (exact) mass is 264 g/mol. The van der Waals surface area contributed by atoms with Crippen molar-refractivity contribution in [3.8, 4) is 0 Å². The Morgan fingerprint density at radius 1 is 0.947 bits per heavy atom. The lowest BCUT2D eigenvalue weighted by atomic mass is 9.83. The molecule has 0 amide bonds. The summed E-state index contributed by atoms with van der Waals surface area (Å²) in [5, 5.41) is 3.72. The fourth-order valence-electron chi connectivity index (χ4n) is 4.19. The van der Waals surface area contributed by atoms with E-state index in [1.165, 1.54) is 77.4 Å². The largest absolute Gasteiger partial charge is 0.314 e. The summed E-state index contributed by atoms with van der Waals surface area (Å²) < 4.78 is 0. The molecule has 3 aliphatic rings. The van der Waals surface area contributed by atoms with Crippen LogP contribution in [0.5, 0.6) is 0 Å². The number of hydrogen-bond acceptors (Lipinski definition) is 2. The molecule has 0 aromatic carbocycles. The van der Waals surface area contributed by atoms with E-state index in [1.54, 1.807) is 0 Å². The molecule has 2 saturated carbocycles. The van der Waals surface area contributed by atoms with Crippen LogP contribution in [0.25, 0.3) is 0 Å². The van der Waals surface area contributed by atoms with Crippen molar-refractivity contribution in [2.24, 2.45) is 11.8 Å². The fourth-order valence-corrected chi connectivity index (χ4v) is 4.19. The summed E-state index contributed by atoms with van der Waals surface area (Å²) in [7, 11) is 0. The third-order valence-electron chi connectivity index (χ3n) is 5.62. The van der Waals surface area contributed by atoms with E-state index in [2.05, 4.69) is 17.1 Å². The first-order valence-electron chi connectivity index (χ1n) is 8.82. The molecule has 1 atom stereocenters. The van der Waals surface area contributed by atoms with E-state index in [9.17, 15) is 0 Å². The topological polar surface area (TPSA) is 15.3 Å². The van der Waals surface area contributed by atoms with Crippen LogP contribution in [0.3, 0.4) is 0 Å². The first-order chi connectivity index (χ1) is 9.35. The first kappa shape index (κ1) is 13.9. The molecule has 19 heavy (non-hydrogen) atoms. The van der Waals surface area contributed by atoms with E-state index in [1.807, 2.05) is 0 Å². The van der Waals surface area contributed by atoms with Gasteiger partial charge in [0.25, 0.3) is 0 Å². The quantitative estimate of drug-likeness (QED) is 0.791. The number of nitrogens with one attached hydrogen (secondary N) is 1. The third kappa shape index (κ3) is 3.95. The number of rotatable bonds is 6. The van der Waals surface area contributed by atoms with Gasteiger partial charge in [0.15, 0.2) is 0 Å². The highest BCUT2D eigenvalue weighted by atomic mass is 15.2. The Labute approximate surface area is 119 Å². The lowest BCUT2D eigenvalue weighted by Crippen LogP contribution is -2.37. The van der Waals surface area contributed by atoms with Gasteiger partial charge in [0, 0.05) is 18.6 Å². The molecule has 3 fully saturated rings. The maximum Gasteiger partial charge on any atom is 0.00955 e. The molecule has 1 saturated heterocycles. The second-order valence-corrected chi connectivity index (χ2v) is 7.30. The van der Waals surface area contributed by atoms with Crippen LogP contribution in [0, 0.1) is 11.8 Å². The van der Waals surface area contributed by atoms with E-state index in [4.69, 9.17) is 0 Å². The van der Waals surface area contributed by atoms with Crippen LogP contribution in [0.15, 0.2) is 0 Å².